The Bertz CT molecular complexity index is 640. The summed E-state index contributed by atoms with van der Waals surface area (Å²) in [6, 6.07) is 9.63. The molecule has 0 spiro atoms. The highest BCUT2D eigenvalue weighted by Gasteiger charge is 2.17. The number of nitrogens with one attached hydrogen (secondary N) is 1. The Morgan fingerprint density at radius 1 is 1.20 bits per heavy atom. The van der Waals surface area contributed by atoms with Crippen molar-refractivity contribution < 1.29 is 4.74 Å². The minimum atomic E-state index is 0.616. The summed E-state index contributed by atoms with van der Waals surface area (Å²) in [4.78, 5) is 0. The monoisotopic (exact) mass is 371 g/mol. The first-order chi connectivity index (χ1) is 9.65. The molecule has 0 saturated heterocycles. The van der Waals surface area contributed by atoms with Crippen molar-refractivity contribution in [2.24, 2.45) is 0 Å². The number of rotatable bonds is 3. The quantitative estimate of drug-likeness (QED) is 0.788. The van der Waals surface area contributed by atoms with Crippen LogP contribution in [0.1, 0.15) is 11.1 Å². The van der Waals surface area contributed by atoms with Crippen molar-refractivity contribution in [2.75, 3.05) is 11.9 Å². The Labute approximate surface area is 136 Å². The molecule has 20 heavy (non-hydrogen) atoms. The van der Waals surface area contributed by atoms with Gasteiger partial charge in [-0.15, -0.1) is 0 Å². The Hall–Kier alpha value is -0.900. The molecule has 0 amide bonds. The molecular formula is C15H12BrCl2NO. The van der Waals surface area contributed by atoms with Crippen LogP contribution in [0.3, 0.4) is 0 Å². The Morgan fingerprint density at radius 3 is 2.70 bits per heavy atom. The lowest BCUT2D eigenvalue weighted by atomic mass is 10.1. The first-order valence-electron chi connectivity index (χ1n) is 6.27. The van der Waals surface area contributed by atoms with Crippen LogP contribution in [0, 0.1) is 0 Å². The van der Waals surface area contributed by atoms with Gasteiger partial charge in [0.2, 0.25) is 0 Å². The molecule has 0 atom stereocenters. The largest absolute Gasteiger partial charge is 0.493 e. The maximum atomic E-state index is 6.16. The number of ether oxygens (including phenoxy) is 1. The topological polar surface area (TPSA) is 21.3 Å². The molecule has 0 unspecified atom stereocenters. The highest BCUT2D eigenvalue weighted by Crippen LogP contribution is 2.35. The molecule has 2 aromatic rings. The van der Waals surface area contributed by atoms with Crippen molar-refractivity contribution in [3.05, 3.63) is 56.0 Å². The first-order valence-corrected chi connectivity index (χ1v) is 7.82. The normalized spacial score (nSPS) is 12.9. The zero-order valence-electron chi connectivity index (χ0n) is 10.6. The lowest BCUT2D eigenvalue weighted by Crippen LogP contribution is -2.02. The van der Waals surface area contributed by atoms with Crippen molar-refractivity contribution in [2.45, 2.75) is 13.0 Å². The predicted molar refractivity (Wildman–Crippen MR) is 87.1 cm³/mol. The Balaban J connectivity index is 1.86. The second-order valence-corrected chi connectivity index (χ2v) is 6.33. The van der Waals surface area contributed by atoms with E-state index in [1.165, 1.54) is 5.56 Å². The number of para-hydroxylation sites is 1. The highest BCUT2D eigenvalue weighted by molar-refractivity contribution is 9.10. The number of anilines is 1. The van der Waals surface area contributed by atoms with E-state index in [2.05, 4.69) is 33.4 Å². The summed E-state index contributed by atoms with van der Waals surface area (Å²) >= 11 is 15.8. The second-order valence-electron chi connectivity index (χ2n) is 4.60. The number of hydrogen-bond donors (Lipinski definition) is 1. The third-order valence-electron chi connectivity index (χ3n) is 3.24. The van der Waals surface area contributed by atoms with Crippen molar-refractivity contribution in [3.63, 3.8) is 0 Å². The number of fused-ring (bicyclic) bond motifs is 1. The summed E-state index contributed by atoms with van der Waals surface area (Å²) in [7, 11) is 0. The third kappa shape index (κ3) is 2.76. The standard InChI is InChI=1S/C15H12BrCl2NO/c16-11-6-9-4-5-20-15(9)10(7-11)8-19-14-12(17)2-1-3-13(14)18/h1-3,6-7,19H,4-5,8H2. The van der Waals surface area contributed by atoms with Crippen LogP contribution in [-0.2, 0) is 13.0 Å². The van der Waals surface area contributed by atoms with Gasteiger partial charge in [0.05, 0.1) is 22.3 Å². The van der Waals surface area contributed by atoms with Crippen LogP contribution in [0.2, 0.25) is 10.0 Å². The van der Waals surface area contributed by atoms with Crippen LogP contribution >= 0.6 is 39.1 Å². The summed E-state index contributed by atoms with van der Waals surface area (Å²) in [5, 5.41) is 4.52. The van der Waals surface area contributed by atoms with Crippen LogP contribution in [0.4, 0.5) is 5.69 Å². The molecule has 104 valence electrons. The van der Waals surface area contributed by atoms with E-state index in [1.807, 2.05) is 18.2 Å². The van der Waals surface area contributed by atoms with Crippen molar-refractivity contribution in [3.8, 4) is 5.75 Å². The number of benzene rings is 2. The van der Waals surface area contributed by atoms with Gasteiger partial charge in [-0.05, 0) is 29.8 Å². The molecule has 1 N–H and O–H groups in total. The van der Waals surface area contributed by atoms with E-state index in [-0.39, 0.29) is 0 Å². The van der Waals surface area contributed by atoms with E-state index < -0.39 is 0 Å². The summed E-state index contributed by atoms with van der Waals surface area (Å²) < 4.78 is 6.77. The van der Waals surface area contributed by atoms with Crippen LogP contribution in [-0.4, -0.2) is 6.61 Å². The van der Waals surface area contributed by atoms with Gasteiger partial charge < -0.3 is 10.1 Å². The predicted octanol–water partition coefficient (Wildman–Crippen LogP) is 5.30. The molecule has 0 aliphatic carbocycles. The number of halogens is 3. The molecule has 5 heteroatoms. The maximum Gasteiger partial charge on any atom is 0.127 e. The molecule has 0 radical (unpaired) electrons. The minimum Gasteiger partial charge on any atom is -0.493 e. The SMILES string of the molecule is Clc1cccc(Cl)c1NCc1cc(Br)cc2c1OCC2. The average molecular weight is 373 g/mol. The average Bonchev–Trinajstić information content (AvgIpc) is 2.86. The smallest absolute Gasteiger partial charge is 0.127 e. The Kier molecular flexibility index (Phi) is 4.11. The molecule has 0 saturated carbocycles. The molecule has 1 aliphatic rings. The summed E-state index contributed by atoms with van der Waals surface area (Å²) in [6.45, 7) is 1.36. The fourth-order valence-corrected chi connectivity index (χ4v) is 3.41. The van der Waals surface area contributed by atoms with Gasteiger partial charge in [-0.2, -0.15) is 0 Å². The molecule has 2 aromatic carbocycles. The zero-order chi connectivity index (χ0) is 14.1. The molecule has 0 fully saturated rings. The van der Waals surface area contributed by atoms with Gasteiger partial charge in [0.15, 0.2) is 0 Å². The van der Waals surface area contributed by atoms with E-state index >= 15 is 0 Å². The van der Waals surface area contributed by atoms with Crippen LogP contribution < -0.4 is 10.1 Å². The van der Waals surface area contributed by atoms with Gasteiger partial charge in [-0.1, -0.05) is 45.2 Å². The summed E-state index contributed by atoms with van der Waals surface area (Å²) in [5.41, 5.74) is 3.09. The van der Waals surface area contributed by atoms with E-state index in [4.69, 9.17) is 27.9 Å². The van der Waals surface area contributed by atoms with Gasteiger partial charge in [0.1, 0.15) is 5.75 Å². The molecule has 1 aliphatic heterocycles. The molecule has 3 rings (SSSR count). The van der Waals surface area contributed by atoms with E-state index in [1.54, 1.807) is 0 Å². The van der Waals surface area contributed by atoms with Gasteiger partial charge in [-0.25, -0.2) is 0 Å². The summed E-state index contributed by atoms with van der Waals surface area (Å²) in [6.07, 6.45) is 0.953. The Morgan fingerprint density at radius 2 is 1.95 bits per heavy atom. The van der Waals surface area contributed by atoms with Crippen molar-refractivity contribution >= 4 is 44.8 Å². The molecule has 1 heterocycles. The van der Waals surface area contributed by atoms with Crippen LogP contribution in [0.5, 0.6) is 5.75 Å². The first kappa shape index (κ1) is 14.1. The van der Waals surface area contributed by atoms with E-state index in [0.717, 1.165) is 34.5 Å². The summed E-state index contributed by atoms with van der Waals surface area (Å²) in [5.74, 6) is 0.976. The lowest BCUT2D eigenvalue weighted by Gasteiger charge is -2.13. The lowest BCUT2D eigenvalue weighted by molar-refractivity contribution is 0.354. The van der Waals surface area contributed by atoms with Crippen molar-refractivity contribution in [1.29, 1.82) is 0 Å². The molecule has 2 nitrogen and oxygen atoms in total. The van der Waals surface area contributed by atoms with Crippen molar-refractivity contribution in [1.82, 2.24) is 0 Å². The van der Waals surface area contributed by atoms with E-state index in [9.17, 15) is 0 Å². The van der Waals surface area contributed by atoms with Gasteiger partial charge in [0, 0.05) is 23.0 Å². The molecule has 0 aromatic heterocycles. The molecular weight excluding hydrogens is 361 g/mol. The number of hydrogen-bond acceptors (Lipinski definition) is 2. The fourth-order valence-electron chi connectivity index (χ4n) is 2.33. The van der Waals surface area contributed by atoms with E-state index in [0.29, 0.717) is 16.6 Å². The second kappa shape index (κ2) is 5.84. The zero-order valence-corrected chi connectivity index (χ0v) is 13.6. The van der Waals surface area contributed by atoms with Crippen LogP contribution in [0.25, 0.3) is 0 Å². The minimum absolute atomic E-state index is 0.616. The third-order valence-corrected chi connectivity index (χ3v) is 4.33. The highest BCUT2D eigenvalue weighted by atomic mass is 79.9. The van der Waals surface area contributed by atoms with Gasteiger partial charge in [0.25, 0.3) is 0 Å². The van der Waals surface area contributed by atoms with Crippen LogP contribution in [0.15, 0.2) is 34.8 Å². The maximum absolute atomic E-state index is 6.16. The van der Waals surface area contributed by atoms with Gasteiger partial charge >= 0.3 is 0 Å². The molecule has 0 bridgehead atoms. The fraction of sp³-hybridized carbons (Fsp3) is 0.200. The van der Waals surface area contributed by atoms with Gasteiger partial charge in [-0.3, -0.25) is 0 Å².